The van der Waals surface area contributed by atoms with Crippen molar-refractivity contribution in [1.82, 2.24) is 4.31 Å². The molecule has 1 aromatic rings. The van der Waals surface area contributed by atoms with Crippen molar-refractivity contribution in [2.24, 2.45) is 0 Å². The minimum atomic E-state index is -3.33. The van der Waals surface area contributed by atoms with Crippen LogP contribution >= 0.6 is 11.8 Å². The Balaban J connectivity index is 2.65. The van der Waals surface area contributed by atoms with Gasteiger partial charge in [-0.15, -0.1) is 11.8 Å². The van der Waals surface area contributed by atoms with E-state index in [0.29, 0.717) is 5.69 Å². The van der Waals surface area contributed by atoms with Crippen LogP contribution in [0, 0.1) is 0 Å². The van der Waals surface area contributed by atoms with E-state index in [2.05, 4.69) is 5.32 Å². The molecule has 5 nitrogen and oxygen atoms in total. The number of sulfonamides is 1. The topological polar surface area (TPSA) is 66.5 Å². The summed E-state index contributed by atoms with van der Waals surface area (Å²) in [6, 6.07) is 7.37. The molecule has 0 atom stereocenters. The van der Waals surface area contributed by atoms with Gasteiger partial charge in [-0.3, -0.25) is 4.79 Å². The van der Waals surface area contributed by atoms with Crippen LogP contribution in [-0.4, -0.2) is 44.7 Å². The lowest BCUT2D eigenvalue weighted by atomic mass is 10.3. The Morgan fingerprint density at radius 1 is 1.44 bits per heavy atom. The highest BCUT2D eigenvalue weighted by molar-refractivity contribution is 7.98. The Labute approximate surface area is 112 Å². The number of thioether (sulfide) groups is 1. The van der Waals surface area contributed by atoms with Crippen molar-refractivity contribution in [3.05, 3.63) is 24.3 Å². The first-order chi connectivity index (χ1) is 8.32. The second-order valence-corrected chi connectivity index (χ2v) is 6.77. The van der Waals surface area contributed by atoms with E-state index in [9.17, 15) is 13.2 Å². The number of amides is 1. The molecule has 1 aromatic carbocycles. The molecule has 0 heterocycles. The average molecular weight is 288 g/mol. The number of carbonyl (C=O) groups excluding carboxylic acids is 1. The van der Waals surface area contributed by atoms with Crippen LogP contribution in [0.25, 0.3) is 0 Å². The fraction of sp³-hybridized carbons (Fsp3) is 0.364. The van der Waals surface area contributed by atoms with Gasteiger partial charge in [-0.05, 0) is 24.5 Å². The number of benzene rings is 1. The van der Waals surface area contributed by atoms with Gasteiger partial charge in [0.15, 0.2) is 0 Å². The molecule has 0 unspecified atom stereocenters. The summed E-state index contributed by atoms with van der Waals surface area (Å²) in [7, 11) is -1.97. The van der Waals surface area contributed by atoms with E-state index in [1.807, 2.05) is 24.5 Å². The molecule has 0 aliphatic rings. The van der Waals surface area contributed by atoms with Crippen molar-refractivity contribution in [3.8, 4) is 0 Å². The third kappa shape index (κ3) is 4.67. The van der Waals surface area contributed by atoms with E-state index in [-0.39, 0.29) is 12.5 Å². The molecule has 0 spiro atoms. The molecule has 0 radical (unpaired) electrons. The third-order valence-corrected chi connectivity index (χ3v) is 4.27. The van der Waals surface area contributed by atoms with Crippen LogP contribution in [0.5, 0.6) is 0 Å². The zero-order valence-corrected chi connectivity index (χ0v) is 12.1. The molecule has 7 heteroatoms. The van der Waals surface area contributed by atoms with E-state index >= 15 is 0 Å². The first kappa shape index (κ1) is 15.0. The molecular weight excluding hydrogens is 272 g/mol. The molecule has 1 N–H and O–H groups in total. The molecule has 0 saturated carbocycles. The van der Waals surface area contributed by atoms with Gasteiger partial charge in [0.05, 0.1) is 12.8 Å². The van der Waals surface area contributed by atoms with Gasteiger partial charge in [-0.2, -0.15) is 4.31 Å². The van der Waals surface area contributed by atoms with Crippen molar-refractivity contribution < 1.29 is 13.2 Å². The van der Waals surface area contributed by atoms with Crippen molar-refractivity contribution in [3.63, 3.8) is 0 Å². The molecule has 0 aliphatic carbocycles. The lowest BCUT2D eigenvalue weighted by Gasteiger charge is -2.13. The number of likely N-dealkylation sites (N-methyl/N-ethyl adjacent to an activating group) is 1. The second-order valence-electron chi connectivity index (χ2n) is 3.80. The lowest BCUT2D eigenvalue weighted by Crippen LogP contribution is -2.34. The average Bonchev–Trinajstić information content (AvgIpc) is 2.27. The van der Waals surface area contributed by atoms with Crippen LogP contribution < -0.4 is 5.32 Å². The Bertz CT molecular complexity index is 529. The van der Waals surface area contributed by atoms with Crippen LogP contribution in [0.1, 0.15) is 0 Å². The summed E-state index contributed by atoms with van der Waals surface area (Å²) in [5.41, 5.74) is 0.661. The number of anilines is 1. The van der Waals surface area contributed by atoms with Crippen molar-refractivity contribution in [2.75, 3.05) is 31.4 Å². The number of nitrogens with zero attached hydrogens (tertiary/aromatic N) is 1. The van der Waals surface area contributed by atoms with Crippen molar-refractivity contribution >= 4 is 33.4 Å². The Morgan fingerprint density at radius 2 is 2.11 bits per heavy atom. The molecule has 18 heavy (non-hydrogen) atoms. The molecule has 100 valence electrons. The number of nitrogens with one attached hydrogen (secondary N) is 1. The van der Waals surface area contributed by atoms with E-state index in [1.54, 1.807) is 17.8 Å². The summed E-state index contributed by atoms with van der Waals surface area (Å²) in [5.74, 6) is -0.360. The molecule has 0 fully saturated rings. The molecule has 0 aromatic heterocycles. The van der Waals surface area contributed by atoms with Gasteiger partial charge in [0.1, 0.15) is 0 Å². The van der Waals surface area contributed by atoms with Crippen LogP contribution in [-0.2, 0) is 14.8 Å². The minimum Gasteiger partial charge on any atom is -0.325 e. The maximum atomic E-state index is 11.6. The molecule has 1 amide bonds. The van der Waals surface area contributed by atoms with Crippen LogP contribution in [0.3, 0.4) is 0 Å². The third-order valence-electron chi connectivity index (χ3n) is 2.29. The molecular formula is C11H16N2O3S2. The highest BCUT2D eigenvalue weighted by atomic mass is 32.2. The monoisotopic (exact) mass is 288 g/mol. The Morgan fingerprint density at radius 3 is 2.67 bits per heavy atom. The van der Waals surface area contributed by atoms with Gasteiger partial charge >= 0.3 is 0 Å². The van der Waals surface area contributed by atoms with E-state index in [0.717, 1.165) is 15.5 Å². The summed E-state index contributed by atoms with van der Waals surface area (Å²) in [5, 5.41) is 2.66. The largest absolute Gasteiger partial charge is 0.325 e. The molecule has 0 saturated heterocycles. The van der Waals surface area contributed by atoms with Gasteiger partial charge in [-0.1, -0.05) is 6.07 Å². The summed E-state index contributed by atoms with van der Waals surface area (Å²) >= 11 is 1.57. The minimum absolute atomic E-state index is 0.192. The standard InChI is InChI=1S/C11H16N2O3S2/c1-13(18(3,15)16)8-11(14)12-9-5-4-6-10(7-9)17-2/h4-7H,8H2,1-3H3,(H,12,14). The maximum absolute atomic E-state index is 11.6. The Kier molecular flexibility index (Phi) is 5.18. The summed E-state index contributed by atoms with van der Waals surface area (Å²) in [4.78, 5) is 12.7. The lowest BCUT2D eigenvalue weighted by molar-refractivity contribution is -0.116. The highest BCUT2D eigenvalue weighted by Gasteiger charge is 2.15. The van der Waals surface area contributed by atoms with Crippen LogP contribution in [0.2, 0.25) is 0 Å². The number of hydrogen-bond donors (Lipinski definition) is 1. The van der Waals surface area contributed by atoms with E-state index < -0.39 is 10.0 Å². The predicted molar refractivity (Wildman–Crippen MR) is 74.3 cm³/mol. The first-order valence-electron chi connectivity index (χ1n) is 5.18. The molecule has 0 bridgehead atoms. The van der Waals surface area contributed by atoms with Gasteiger partial charge in [-0.25, -0.2) is 8.42 Å². The number of hydrogen-bond acceptors (Lipinski definition) is 4. The van der Waals surface area contributed by atoms with Crippen LogP contribution in [0.4, 0.5) is 5.69 Å². The summed E-state index contributed by atoms with van der Waals surface area (Å²) < 4.78 is 23.3. The van der Waals surface area contributed by atoms with Gasteiger partial charge in [0.25, 0.3) is 0 Å². The highest BCUT2D eigenvalue weighted by Crippen LogP contribution is 2.18. The fourth-order valence-electron chi connectivity index (χ4n) is 1.22. The van der Waals surface area contributed by atoms with Gasteiger partial charge in [0.2, 0.25) is 15.9 Å². The first-order valence-corrected chi connectivity index (χ1v) is 8.25. The fourth-order valence-corrected chi connectivity index (χ4v) is 2.03. The SMILES string of the molecule is CSc1cccc(NC(=O)CN(C)S(C)(=O)=O)c1. The smallest absolute Gasteiger partial charge is 0.239 e. The summed E-state index contributed by atoms with van der Waals surface area (Å²) in [6.45, 7) is -0.192. The number of rotatable bonds is 5. The predicted octanol–water partition coefficient (Wildman–Crippen LogP) is 1.24. The van der Waals surface area contributed by atoms with Crippen LogP contribution in [0.15, 0.2) is 29.2 Å². The van der Waals surface area contributed by atoms with Gasteiger partial charge in [0, 0.05) is 17.6 Å². The van der Waals surface area contributed by atoms with Gasteiger partial charge < -0.3 is 5.32 Å². The van der Waals surface area contributed by atoms with Crippen molar-refractivity contribution in [1.29, 1.82) is 0 Å². The molecule has 1 rings (SSSR count). The zero-order chi connectivity index (χ0) is 13.8. The molecule has 0 aliphatic heterocycles. The van der Waals surface area contributed by atoms with Crippen molar-refractivity contribution in [2.45, 2.75) is 4.90 Å². The quantitative estimate of drug-likeness (QED) is 0.828. The normalized spacial score (nSPS) is 11.6. The summed E-state index contributed by atoms with van der Waals surface area (Å²) in [6.07, 6.45) is 3.01. The van der Waals surface area contributed by atoms with E-state index in [4.69, 9.17) is 0 Å². The maximum Gasteiger partial charge on any atom is 0.239 e. The second kappa shape index (κ2) is 6.21. The number of carbonyl (C=O) groups is 1. The van der Waals surface area contributed by atoms with E-state index in [1.165, 1.54) is 7.05 Å². The Hall–Kier alpha value is -1.05. The zero-order valence-electron chi connectivity index (χ0n) is 10.5.